The van der Waals surface area contributed by atoms with Crippen LogP contribution in [0.2, 0.25) is 0 Å². The van der Waals surface area contributed by atoms with Crippen molar-refractivity contribution in [1.82, 2.24) is 20.5 Å². The lowest BCUT2D eigenvalue weighted by molar-refractivity contribution is -0.141. The van der Waals surface area contributed by atoms with Crippen molar-refractivity contribution in [2.45, 2.75) is 44.0 Å². The summed E-state index contributed by atoms with van der Waals surface area (Å²) in [7, 11) is 3.48. The molecule has 0 aliphatic heterocycles. The van der Waals surface area contributed by atoms with Crippen LogP contribution in [0.25, 0.3) is 0 Å². The lowest BCUT2D eigenvalue weighted by Crippen LogP contribution is -2.33. The van der Waals surface area contributed by atoms with Crippen molar-refractivity contribution in [2.24, 2.45) is 0 Å². The Morgan fingerprint density at radius 2 is 1.91 bits per heavy atom. The van der Waals surface area contributed by atoms with Crippen molar-refractivity contribution >= 4 is 11.6 Å². The van der Waals surface area contributed by atoms with Gasteiger partial charge in [0.1, 0.15) is 11.4 Å². The van der Waals surface area contributed by atoms with Gasteiger partial charge in [0.05, 0.1) is 23.2 Å². The van der Waals surface area contributed by atoms with E-state index in [1.54, 1.807) is 37.3 Å². The number of likely N-dealkylation sites (N-methyl/N-ethyl adjacent to an activating group) is 1. The van der Waals surface area contributed by atoms with Crippen LogP contribution >= 0.6 is 0 Å². The van der Waals surface area contributed by atoms with E-state index in [1.807, 2.05) is 0 Å². The Kier molecular flexibility index (Phi) is 7.02. The van der Waals surface area contributed by atoms with Crippen LogP contribution in [0.15, 0.2) is 53.5 Å². The van der Waals surface area contributed by atoms with Crippen molar-refractivity contribution in [3.05, 3.63) is 64.9 Å². The van der Waals surface area contributed by atoms with Gasteiger partial charge in [-0.3, -0.25) is 4.79 Å². The van der Waals surface area contributed by atoms with Crippen molar-refractivity contribution < 1.29 is 23.1 Å². The molecule has 3 rings (SSSR count). The summed E-state index contributed by atoms with van der Waals surface area (Å²) >= 11 is 0. The smallest absolute Gasteiger partial charge is 0.393 e. The fourth-order valence-electron chi connectivity index (χ4n) is 3.55. The highest BCUT2D eigenvalue weighted by atomic mass is 19.4. The molecule has 0 unspecified atom stereocenters. The van der Waals surface area contributed by atoms with E-state index in [0.717, 1.165) is 25.0 Å². The average Bonchev–Trinajstić information content (AvgIpc) is 2.74. The highest BCUT2D eigenvalue weighted by Gasteiger charge is 2.33. The van der Waals surface area contributed by atoms with E-state index >= 15 is 0 Å². The van der Waals surface area contributed by atoms with Gasteiger partial charge in [-0.05, 0) is 50.0 Å². The number of hydrogen-bond acceptors (Lipinski definition) is 6. The Morgan fingerprint density at radius 1 is 1.22 bits per heavy atom. The standard InChI is InChI=1S/C22H26F3N5O2/c1-30(2)19-11-16(26)13(12-27-14-6-8-15(31)9-7-14)10-18(19)29-21(32)17-4-3-5-20(28-17)22(23,24)25/h3-5,10-12,14-15,26-27,31H,6-9H2,1-2H3,(H,29,32)/b13-12-,26-16?. The number of aromatic nitrogens is 1. The minimum Gasteiger partial charge on any atom is -0.393 e. The average molecular weight is 449 g/mol. The fourth-order valence-corrected chi connectivity index (χ4v) is 3.55. The summed E-state index contributed by atoms with van der Waals surface area (Å²) in [4.78, 5) is 17.8. The molecule has 1 heterocycles. The molecule has 0 aromatic carbocycles. The summed E-state index contributed by atoms with van der Waals surface area (Å²) < 4.78 is 38.8. The predicted molar refractivity (Wildman–Crippen MR) is 114 cm³/mol. The number of nitrogens with one attached hydrogen (secondary N) is 3. The molecule has 32 heavy (non-hydrogen) atoms. The van der Waals surface area contributed by atoms with Gasteiger partial charge in [0.2, 0.25) is 0 Å². The van der Waals surface area contributed by atoms with E-state index in [-0.39, 0.29) is 23.6 Å². The van der Waals surface area contributed by atoms with Crippen molar-refractivity contribution in [1.29, 1.82) is 5.41 Å². The normalized spacial score (nSPS) is 22.8. The second-order valence-corrected chi connectivity index (χ2v) is 8.03. The molecule has 1 amide bonds. The number of rotatable bonds is 5. The molecular formula is C22H26F3N5O2. The maximum atomic E-state index is 12.9. The second-order valence-electron chi connectivity index (χ2n) is 8.03. The zero-order valence-electron chi connectivity index (χ0n) is 17.8. The molecule has 0 bridgehead atoms. The van der Waals surface area contributed by atoms with Crippen LogP contribution in [0.3, 0.4) is 0 Å². The Bertz CT molecular complexity index is 974. The number of hydrogen-bond donors (Lipinski definition) is 4. The van der Waals surface area contributed by atoms with E-state index in [9.17, 15) is 23.1 Å². The number of alkyl halides is 3. The number of aliphatic hydroxyl groups excluding tert-OH is 1. The molecule has 2 aliphatic carbocycles. The van der Waals surface area contributed by atoms with E-state index in [1.165, 1.54) is 6.07 Å². The minimum atomic E-state index is -4.65. The SMILES string of the molecule is CN(C)C1=CC(=N)/C(=C\NC2CCC(O)CC2)C=C1NC(=O)c1cccc(C(F)(F)F)n1. The van der Waals surface area contributed by atoms with Crippen LogP contribution in [-0.4, -0.2) is 52.9 Å². The maximum absolute atomic E-state index is 12.9. The predicted octanol–water partition coefficient (Wildman–Crippen LogP) is 2.97. The number of allylic oxidation sites excluding steroid dienone is 3. The summed E-state index contributed by atoms with van der Waals surface area (Å²) in [5.41, 5.74) is 0.135. The maximum Gasteiger partial charge on any atom is 0.433 e. The van der Waals surface area contributed by atoms with Gasteiger partial charge in [0.15, 0.2) is 0 Å². The minimum absolute atomic E-state index is 0.179. The molecule has 1 aromatic heterocycles. The van der Waals surface area contributed by atoms with Gasteiger partial charge >= 0.3 is 6.18 Å². The summed E-state index contributed by atoms with van der Waals surface area (Å²) in [5.74, 6) is -0.780. The number of aliphatic hydroxyl groups is 1. The van der Waals surface area contributed by atoms with Gasteiger partial charge < -0.3 is 26.0 Å². The monoisotopic (exact) mass is 449 g/mol. The van der Waals surface area contributed by atoms with Gasteiger partial charge in [-0.15, -0.1) is 0 Å². The first-order valence-corrected chi connectivity index (χ1v) is 10.2. The molecule has 0 spiro atoms. The Morgan fingerprint density at radius 3 is 2.53 bits per heavy atom. The number of carbonyl (C=O) groups is 1. The van der Waals surface area contributed by atoms with Gasteiger partial charge in [0.25, 0.3) is 5.91 Å². The molecule has 2 aliphatic rings. The third-order valence-corrected chi connectivity index (χ3v) is 5.34. The lowest BCUT2D eigenvalue weighted by Gasteiger charge is -2.27. The number of halogens is 3. The van der Waals surface area contributed by atoms with Gasteiger partial charge in [-0.1, -0.05) is 6.07 Å². The van der Waals surface area contributed by atoms with Gasteiger partial charge in [0, 0.05) is 31.9 Å². The van der Waals surface area contributed by atoms with Crippen LogP contribution in [0.4, 0.5) is 13.2 Å². The molecule has 0 atom stereocenters. The number of amides is 1. The van der Waals surface area contributed by atoms with E-state index in [2.05, 4.69) is 15.6 Å². The van der Waals surface area contributed by atoms with Gasteiger partial charge in [-0.25, -0.2) is 4.98 Å². The van der Waals surface area contributed by atoms with E-state index in [4.69, 9.17) is 5.41 Å². The zero-order valence-corrected chi connectivity index (χ0v) is 17.8. The Hall–Kier alpha value is -3.14. The molecule has 7 nitrogen and oxygen atoms in total. The summed E-state index contributed by atoms with van der Waals surface area (Å²) in [6.07, 6.45) is 3.00. The first-order valence-electron chi connectivity index (χ1n) is 10.2. The van der Waals surface area contributed by atoms with E-state index in [0.29, 0.717) is 29.8 Å². The summed E-state index contributed by atoms with van der Waals surface area (Å²) in [6, 6.07) is 3.33. The van der Waals surface area contributed by atoms with E-state index < -0.39 is 17.8 Å². The third kappa shape index (κ3) is 5.76. The third-order valence-electron chi connectivity index (χ3n) is 5.34. The molecule has 1 aromatic rings. The molecule has 10 heteroatoms. The topological polar surface area (TPSA) is 101 Å². The van der Waals surface area contributed by atoms with Crippen molar-refractivity contribution in [2.75, 3.05) is 14.1 Å². The van der Waals surface area contributed by atoms with Crippen LogP contribution < -0.4 is 10.6 Å². The number of nitrogens with zero attached hydrogens (tertiary/aromatic N) is 2. The molecular weight excluding hydrogens is 423 g/mol. The molecule has 172 valence electrons. The first-order chi connectivity index (χ1) is 15.0. The summed E-state index contributed by atoms with van der Waals surface area (Å²) in [6.45, 7) is 0. The zero-order chi connectivity index (χ0) is 23.5. The summed E-state index contributed by atoms with van der Waals surface area (Å²) in [5, 5.41) is 23.8. The van der Waals surface area contributed by atoms with Crippen molar-refractivity contribution in [3.63, 3.8) is 0 Å². The molecule has 1 fully saturated rings. The largest absolute Gasteiger partial charge is 0.433 e. The van der Waals surface area contributed by atoms with Crippen LogP contribution in [0.1, 0.15) is 41.9 Å². The molecule has 0 saturated heterocycles. The van der Waals surface area contributed by atoms with Gasteiger partial charge in [-0.2, -0.15) is 13.2 Å². The van der Waals surface area contributed by atoms with Crippen LogP contribution in [0, 0.1) is 5.41 Å². The Labute approximate surface area is 184 Å². The second kappa shape index (κ2) is 9.56. The molecule has 1 saturated carbocycles. The Balaban J connectivity index is 1.81. The molecule has 4 N–H and O–H groups in total. The fraction of sp³-hybridized carbons (Fsp3) is 0.409. The lowest BCUT2D eigenvalue weighted by atomic mass is 9.93. The molecule has 0 radical (unpaired) electrons. The van der Waals surface area contributed by atoms with Crippen LogP contribution in [0.5, 0.6) is 0 Å². The quantitative estimate of drug-likeness (QED) is 0.554. The van der Waals surface area contributed by atoms with Crippen molar-refractivity contribution in [3.8, 4) is 0 Å². The first kappa shape index (κ1) is 23.5. The highest BCUT2D eigenvalue weighted by Crippen LogP contribution is 2.27. The highest BCUT2D eigenvalue weighted by molar-refractivity contribution is 6.10. The number of carbonyl (C=O) groups excluding carboxylic acids is 1. The number of pyridine rings is 1. The van der Waals surface area contributed by atoms with Crippen LogP contribution in [-0.2, 0) is 6.18 Å².